The van der Waals surface area contributed by atoms with E-state index in [1.54, 1.807) is 0 Å². The molecule has 4 nitrogen and oxygen atoms in total. The van der Waals surface area contributed by atoms with Crippen LogP contribution in [0, 0.1) is 11.3 Å². The second-order valence-corrected chi connectivity index (χ2v) is 7.10. The summed E-state index contributed by atoms with van der Waals surface area (Å²) < 4.78 is 0. The Labute approximate surface area is 130 Å². The van der Waals surface area contributed by atoms with Crippen molar-refractivity contribution in [1.82, 2.24) is 15.1 Å². The number of nitrogens with zero attached hydrogens (tertiary/aromatic N) is 3. The summed E-state index contributed by atoms with van der Waals surface area (Å²) >= 11 is 0. The van der Waals surface area contributed by atoms with Gasteiger partial charge in [-0.2, -0.15) is 5.26 Å². The molecule has 0 aliphatic carbocycles. The monoisotopic (exact) mass is 292 g/mol. The smallest absolute Gasteiger partial charge is 0.105 e. The number of rotatable bonds is 6. The minimum absolute atomic E-state index is 0.392. The molecule has 4 heteroatoms. The lowest BCUT2D eigenvalue weighted by Crippen LogP contribution is -2.49. The van der Waals surface area contributed by atoms with Crippen molar-refractivity contribution < 1.29 is 0 Å². The molecule has 0 amide bonds. The summed E-state index contributed by atoms with van der Waals surface area (Å²) in [5, 5.41) is 13.0. The van der Waals surface area contributed by atoms with Crippen molar-refractivity contribution in [2.45, 2.75) is 70.5 Å². The average molecular weight is 292 g/mol. The Morgan fingerprint density at radius 1 is 1.33 bits per heavy atom. The van der Waals surface area contributed by atoms with Gasteiger partial charge in [-0.3, -0.25) is 15.1 Å². The Bertz CT molecular complexity index is 364. The van der Waals surface area contributed by atoms with Crippen LogP contribution < -0.4 is 5.32 Å². The van der Waals surface area contributed by atoms with Crippen LogP contribution in [-0.2, 0) is 0 Å². The lowest BCUT2D eigenvalue weighted by Gasteiger charge is -2.35. The summed E-state index contributed by atoms with van der Waals surface area (Å²) in [6.45, 7) is 12.4. The molecule has 2 fully saturated rings. The molecule has 120 valence electrons. The van der Waals surface area contributed by atoms with Gasteiger partial charge in [-0.25, -0.2) is 0 Å². The molecule has 2 aliphatic heterocycles. The fourth-order valence-electron chi connectivity index (χ4n) is 3.91. The van der Waals surface area contributed by atoms with Gasteiger partial charge in [0.15, 0.2) is 0 Å². The van der Waals surface area contributed by atoms with E-state index >= 15 is 0 Å². The molecule has 2 rings (SSSR count). The second kappa shape index (κ2) is 7.58. The van der Waals surface area contributed by atoms with Gasteiger partial charge in [0.1, 0.15) is 5.54 Å². The molecule has 0 aromatic heterocycles. The van der Waals surface area contributed by atoms with Crippen LogP contribution in [0.1, 0.15) is 52.9 Å². The van der Waals surface area contributed by atoms with Crippen molar-refractivity contribution >= 4 is 0 Å². The molecule has 0 aromatic rings. The lowest BCUT2D eigenvalue weighted by molar-refractivity contribution is 0.158. The first-order valence-corrected chi connectivity index (χ1v) is 8.72. The fourth-order valence-corrected chi connectivity index (χ4v) is 3.91. The first kappa shape index (κ1) is 16.7. The third-order valence-corrected chi connectivity index (χ3v) is 5.17. The van der Waals surface area contributed by atoms with Crippen LogP contribution in [0.25, 0.3) is 0 Å². The number of hydrogen-bond acceptors (Lipinski definition) is 4. The zero-order chi connectivity index (χ0) is 15.3. The standard InChI is InChI=1S/C17H32N4/c1-4-8-19-17(3,14-18)12-15(2)21-11-6-10-20-9-5-7-16(20)13-21/h15-16,19H,4-13H2,1-3H3. The predicted octanol–water partition coefficient (Wildman–Crippen LogP) is 2.22. The van der Waals surface area contributed by atoms with Crippen LogP contribution >= 0.6 is 0 Å². The highest BCUT2D eigenvalue weighted by Crippen LogP contribution is 2.24. The molecule has 0 aromatic carbocycles. The van der Waals surface area contributed by atoms with Gasteiger partial charge in [0.2, 0.25) is 0 Å². The van der Waals surface area contributed by atoms with Crippen LogP contribution in [0.5, 0.6) is 0 Å². The fraction of sp³-hybridized carbons (Fsp3) is 0.941. The summed E-state index contributed by atoms with van der Waals surface area (Å²) in [6, 6.07) is 3.73. The van der Waals surface area contributed by atoms with E-state index in [9.17, 15) is 5.26 Å². The van der Waals surface area contributed by atoms with Crippen LogP contribution in [-0.4, -0.2) is 60.1 Å². The average Bonchev–Trinajstić information content (AvgIpc) is 2.82. The van der Waals surface area contributed by atoms with Crippen LogP contribution in [0.15, 0.2) is 0 Å². The van der Waals surface area contributed by atoms with E-state index in [-0.39, 0.29) is 0 Å². The summed E-state index contributed by atoms with van der Waals surface area (Å²) in [5.41, 5.74) is -0.392. The van der Waals surface area contributed by atoms with Crippen molar-refractivity contribution in [2.75, 3.05) is 32.7 Å². The minimum Gasteiger partial charge on any atom is -0.300 e. The van der Waals surface area contributed by atoms with Gasteiger partial charge in [-0.1, -0.05) is 6.92 Å². The number of fused-ring (bicyclic) bond motifs is 1. The van der Waals surface area contributed by atoms with E-state index in [1.165, 1.54) is 45.4 Å². The number of nitrogens with one attached hydrogen (secondary N) is 1. The van der Waals surface area contributed by atoms with Crippen LogP contribution in [0.3, 0.4) is 0 Å². The molecular formula is C17H32N4. The van der Waals surface area contributed by atoms with E-state index in [4.69, 9.17) is 0 Å². The summed E-state index contributed by atoms with van der Waals surface area (Å²) in [4.78, 5) is 5.30. The van der Waals surface area contributed by atoms with Crippen molar-refractivity contribution in [3.63, 3.8) is 0 Å². The largest absolute Gasteiger partial charge is 0.300 e. The van der Waals surface area contributed by atoms with Gasteiger partial charge in [0.25, 0.3) is 0 Å². The van der Waals surface area contributed by atoms with E-state index in [0.717, 1.165) is 25.4 Å². The summed E-state index contributed by atoms with van der Waals surface area (Å²) in [5.74, 6) is 0. The molecule has 21 heavy (non-hydrogen) atoms. The maximum absolute atomic E-state index is 9.53. The summed E-state index contributed by atoms with van der Waals surface area (Å²) in [7, 11) is 0. The first-order chi connectivity index (χ1) is 10.1. The topological polar surface area (TPSA) is 42.3 Å². The van der Waals surface area contributed by atoms with Gasteiger partial charge >= 0.3 is 0 Å². The zero-order valence-electron chi connectivity index (χ0n) is 14.1. The minimum atomic E-state index is -0.392. The quantitative estimate of drug-likeness (QED) is 0.815. The van der Waals surface area contributed by atoms with Crippen molar-refractivity contribution in [1.29, 1.82) is 5.26 Å². The molecule has 1 N–H and O–H groups in total. The molecule has 0 radical (unpaired) electrons. The van der Waals surface area contributed by atoms with Crippen LogP contribution in [0.2, 0.25) is 0 Å². The Morgan fingerprint density at radius 2 is 2.10 bits per heavy atom. The molecule has 0 bridgehead atoms. The van der Waals surface area contributed by atoms with Gasteiger partial charge in [-0.15, -0.1) is 0 Å². The molecule has 2 aliphatic rings. The van der Waals surface area contributed by atoms with Gasteiger partial charge in [-0.05, 0) is 72.1 Å². The highest BCUT2D eigenvalue weighted by Gasteiger charge is 2.33. The third kappa shape index (κ3) is 4.42. The molecule has 0 saturated carbocycles. The normalized spacial score (nSPS) is 28.4. The van der Waals surface area contributed by atoms with Crippen molar-refractivity contribution in [3.05, 3.63) is 0 Å². The third-order valence-electron chi connectivity index (χ3n) is 5.17. The van der Waals surface area contributed by atoms with Crippen LogP contribution in [0.4, 0.5) is 0 Å². The first-order valence-electron chi connectivity index (χ1n) is 8.72. The highest BCUT2D eigenvalue weighted by molar-refractivity contribution is 5.05. The highest BCUT2D eigenvalue weighted by atomic mass is 15.3. The van der Waals surface area contributed by atoms with E-state index in [1.807, 2.05) is 0 Å². The molecule has 0 spiro atoms. The van der Waals surface area contributed by atoms with E-state index in [0.29, 0.717) is 6.04 Å². The van der Waals surface area contributed by atoms with Gasteiger partial charge < -0.3 is 0 Å². The number of hydrogen-bond donors (Lipinski definition) is 1. The molecule has 3 unspecified atom stereocenters. The van der Waals surface area contributed by atoms with Gasteiger partial charge in [0, 0.05) is 18.6 Å². The van der Waals surface area contributed by atoms with E-state index in [2.05, 4.69) is 42.0 Å². The molecular weight excluding hydrogens is 260 g/mol. The molecule has 2 heterocycles. The Hall–Kier alpha value is -0.630. The Morgan fingerprint density at radius 3 is 2.81 bits per heavy atom. The second-order valence-electron chi connectivity index (χ2n) is 7.10. The SMILES string of the molecule is CCCNC(C)(C#N)CC(C)N1CCCN2CCCC2C1. The Kier molecular flexibility index (Phi) is 6.04. The predicted molar refractivity (Wildman–Crippen MR) is 87.2 cm³/mol. The Balaban J connectivity index is 1.92. The maximum atomic E-state index is 9.53. The molecule has 3 atom stereocenters. The summed E-state index contributed by atoms with van der Waals surface area (Å²) in [6.07, 6.45) is 5.97. The molecule has 2 saturated heterocycles. The maximum Gasteiger partial charge on any atom is 0.105 e. The van der Waals surface area contributed by atoms with Crippen molar-refractivity contribution in [3.8, 4) is 6.07 Å². The zero-order valence-corrected chi connectivity index (χ0v) is 14.1. The van der Waals surface area contributed by atoms with Crippen molar-refractivity contribution in [2.24, 2.45) is 0 Å². The number of nitriles is 1. The van der Waals surface area contributed by atoms with Gasteiger partial charge in [0.05, 0.1) is 6.07 Å². The lowest BCUT2D eigenvalue weighted by atomic mass is 9.94. The van der Waals surface area contributed by atoms with E-state index < -0.39 is 5.54 Å².